The largest absolute Gasteiger partial charge is 0.391 e. The van der Waals surface area contributed by atoms with Gasteiger partial charge in [0.1, 0.15) is 0 Å². The molecule has 1 aromatic heterocycles. The molecule has 8 heteroatoms. The van der Waals surface area contributed by atoms with E-state index in [2.05, 4.69) is 39.6 Å². The summed E-state index contributed by atoms with van der Waals surface area (Å²) in [5, 5.41) is 39.0. The quantitative estimate of drug-likeness (QED) is 0.493. The molecule has 0 unspecified atom stereocenters. The van der Waals surface area contributed by atoms with Gasteiger partial charge in [-0.15, -0.1) is 11.3 Å². The maximum atomic E-state index is 13.8. The molecule has 4 aliphatic carbocycles. The lowest BCUT2D eigenvalue weighted by Crippen LogP contribution is -2.75. The van der Waals surface area contributed by atoms with Crippen molar-refractivity contribution in [3.05, 3.63) is 22.7 Å². The predicted octanol–water partition coefficient (Wildman–Crippen LogP) is 2.29. The number of aliphatic hydroxyl groups is 3. The smallest absolute Gasteiger partial charge is 0.183 e. The zero-order chi connectivity index (χ0) is 24.1. The number of ketones is 1. The molecule has 4 N–H and O–H groups in total. The average Bonchev–Trinajstić information content (AvgIpc) is 3.14. The van der Waals surface area contributed by atoms with Crippen LogP contribution in [-0.2, 0) is 21.4 Å². The van der Waals surface area contributed by atoms with E-state index in [0.717, 1.165) is 15.7 Å². The predicted molar refractivity (Wildman–Crippen MR) is 126 cm³/mol. The molecule has 0 aliphatic heterocycles. The van der Waals surface area contributed by atoms with Crippen LogP contribution in [0.1, 0.15) is 51.1 Å². The van der Waals surface area contributed by atoms with Gasteiger partial charge in [0.15, 0.2) is 10.9 Å². The molecule has 1 heterocycles. The Kier molecular flexibility index (Phi) is 5.21. The number of fused-ring (bicyclic) bond motifs is 5. The Balaban J connectivity index is 1.81. The topological polar surface area (TPSA) is 112 Å². The van der Waals surface area contributed by atoms with Crippen LogP contribution in [-0.4, -0.2) is 64.2 Å². The molecular formula is C25H36N2O5S. The number of aromatic nitrogens is 1. The van der Waals surface area contributed by atoms with Crippen LogP contribution in [0.5, 0.6) is 0 Å². The maximum absolute atomic E-state index is 13.8. The first-order valence-corrected chi connectivity index (χ1v) is 12.8. The number of rotatable bonds is 4. The Morgan fingerprint density at radius 1 is 1.24 bits per heavy atom. The summed E-state index contributed by atoms with van der Waals surface area (Å²) in [5.41, 5.74) is -1.46. The second-order valence-electron chi connectivity index (χ2n) is 11.6. The van der Waals surface area contributed by atoms with E-state index in [1.54, 1.807) is 18.4 Å². The number of methoxy groups -OCH3 is 1. The number of hydrogen-bond acceptors (Lipinski definition) is 8. The van der Waals surface area contributed by atoms with Gasteiger partial charge in [-0.1, -0.05) is 20.4 Å². The summed E-state index contributed by atoms with van der Waals surface area (Å²) in [4.78, 5) is 19.9. The number of nitrogens with one attached hydrogen (secondary N) is 1. The van der Waals surface area contributed by atoms with Gasteiger partial charge in [0, 0.05) is 35.3 Å². The van der Waals surface area contributed by atoms with Crippen LogP contribution in [0.3, 0.4) is 0 Å². The standard InChI is InChI=1S/C25H36N2O5S/c1-11(2)26-22-27-18-14(33-22)9-23(4,5)17-16(28)21(31)25-15(24(17,18)10-32-6)8-7-13(20(25)30)12(3)19(25)29/h11,13,15-17,20-21,28,30-31H,3,7-10H2,1-2,4-6H3,(H,26,27)/t13-,15-,16-,17+,20+,21-,24-,25-/m0/s1. The lowest BCUT2D eigenvalue weighted by atomic mass is 9.39. The van der Waals surface area contributed by atoms with E-state index < -0.39 is 35.1 Å². The molecule has 2 bridgehead atoms. The van der Waals surface area contributed by atoms with Crippen molar-refractivity contribution in [2.75, 3.05) is 19.0 Å². The third-order valence-corrected chi connectivity index (χ3v) is 10.1. The summed E-state index contributed by atoms with van der Waals surface area (Å²) in [6.45, 7) is 12.6. The second-order valence-corrected chi connectivity index (χ2v) is 12.7. The van der Waals surface area contributed by atoms with Gasteiger partial charge in [-0.05, 0) is 50.0 Å². The van der Waals surface area contributed by atoms with Crippen molar-refractivity contribution in [2.45, 2.75) is 76.7 Å². The molecule has 0 saturated heterocycles. The third kappa shape index (κ3) is 2.70. The van der Waals surface area contributed by atoms with Gasteiger partial charge in [0.05, 0.1) is 36.0 Å². The molecule has 0 aromatic carbocycles. The number of hydrogen-bond donors (Lipinski definition) is 4. The van der Waals surface area contributed by atoms with Gasteiger partial charge in [-0.3, -0.25) is 4.79 Å². The summed E-state index contributed by atoms with van der Waals surface area (Å²) in [6, 6.07) is 0.210. The van der Waals surface area contributed by atoms with Crippen molar-refractivity contribution in [3.63, 3.8) is 0 Å². The van der Waals surface area contributed by atoms with Gasteiger partial charge in [0.25, 0.3) is 0 Å². The zero-order valence-corrected chi connectivity index (χ0v) is 20.9. The second kappa shape index (κ2) is 7.34. The van der Waals surface area contributed by atoms with Crippen molar-refractivity contribution in [1.29, 1.82) is 0 Å². The first kappa shape index (κ1) is 23.4. The fourth-order valence-electron chi connectivity index (χ4n) is 8.21. The highest BCUT2D eigenvalue weighted by Gasteiger charge is 2.78. The molecule has 4 aliphatic rings. The molecule has 1 aromatic rings. The van der Waals surface area contributed by atoms with Gasteiger partial charge in [-0.25, -0.2) is 4.98 Å². The Morgan fingerprint density at radius 3 is 2.58 bits per heavy atom. The SMILES string of the molecule is C=C1C(=O)[C@]23[C@H](O)[C@H]1CC[C@H]2[C@]1(COC)c2nc(NC(C)C)sc2CC(C)(C)[C@H]1[C@H](O)[C@@H]3O. The fourth-order valence-corrected chi connectivity index (χ4v) is 9.65. The Bertz CT molecular complexity index is 1000. The molecule has 33 heavy (non-hydrogen) atoms. The van der Waals surface area contributed by atoms with Crippen LogP contribution in [0, 0.1) is 28.6 Å². The highest BCUT2D eigenvalue weighted by atomic mass is 32.1. The van der Waals surface area contributed by atoms with E-state index in [1.807, 2.05) is 0 Å². The molecule has 0 radical (unpaired) electrons. The minimum Gasteiger partial charge on any atom is -0.391 e. The zero-order valence-electron chi connectivity index (χ0n) is 20.1. The number of carbonyl (C=O) groups excluding carboxylic acids is 1. The molecule has 3 saturated carbocycles. The number of Topliss-reactive ketones (excluding diaryl/α,β-unsaturated/α-hetero) is 1. The van der Waals surface area contributed by atoms with Gasteiger partial charge < -0.3 is 25.4 Å². The fraction of sp³-hybridized carbons (Fsp3) is 0.760. The van der Waals surface area contributed by atoms with Crippen LogP contribution in [0.2, 0.25) is 0 Å². The van der Waals surface area contributed by atoms with Crippen molar-refractivity contribution in [1.82, 2.24) is 4.98 Å². The normalized spacial score (nSPS) is 43.3. The molecule has 8 atom stereocenters. The monoisotopic (exact) mass is 476 g/mol. The number of carbonyl (C=O) groups is 1. The van der Waals surface area contributed by atoms with Gasteiger partial charge in [0.2, 0.25) is 0 Å². The van der Waals surface area contributed by atoms with E-state index in [9.17, 15) is 20.1 Å². The van der Waals surface area contributed by atoms with E-state index in [-0.39, 0.29) is 35.7 Å². The summed E-state index contributed by atoms with van der Waals surface area (Å²) >= 11 is 1.62. The van der Waals surface area contributed by atoms with Gasteiger partial charge >= 0.3 is 0 Å². The van der Waals surface area contributed by atoms with E-state index in [1.165, 1.54) is 0 Å². The van der Waals surface area contributed by atoms with E-state index >= 15 is 0 Å². The van der Waals surface area contributed by atoms with Crippen LogP contribution in [0.4, 0.5) is 5.13 Å². The highest BCUT2D eigenvalue weighted by molar-refractivity contribution is 7.15. The molecule has 5 rings (SSSR count). The van der Waals surface area contributed by atoms with Crippen molar-refractivity contribution in [3.8, 4) is 0 Å². The molecule has 0 amide bonds. The van der Waals surface area contributed by atoms with Crippen LogP contribution in [0.15, 0.2) is 12.2 Å². The minimum absolute atomic E-state index is 0.210. The summed E-state index contributed by atoms with van der Waals surface area (Å²) < 4.78 is 5.85. The first-order valence-electron chi connectivity index (χ1n) is 12.0. The lowest BCUT2D eigenvalue weighted by molar-refractivity contribution is -0.250. The molecule has 3 fully saturated rings. The number of nitrogens with zero attached hydrogens (tertiary/aromatic N) is 1. The molecule has 182 valence electrons. The van der Waals surface area contributed by atoms with Crippen molar-refractivity contribution < 1.29 is 24.9 Å². The Morgan fingerprint density at radius 2 is 1.94 bits per heavy atom. The number of aliphatic hydroxyl groups excluding tert-OH is 3. The third-order valence-electron chi connectivity index (χ3n) is 9.07. The lowest BCUT2D eigenvalue weighted by Gasteiger charge is -2.66. The summed E-state index contributed by atoms with van der Waals surface area (Å²) in [6.07, 6.45) is -1.67. The number of anilines is 1. The Labute approximate surface area is 199 Å². The van der Waals surface area contributed by atoms with Crippen molar-refractivity contribution >= 4 is 22.3 Å². The number of thiazole rings is 1. The minimum atomic E-state index is -1.49. The van der Waals surface area contributed by atoms with Crippen LogP contribution >= 0.6 is 11.3 Å². The highest BCUT2D eigenvalue weighted by Crippen LogP contribution is 2.70. The molecule has 7 nitrogen and oxygen atoms in total. The summed E-state index contributed by atoms with van der Waals surface area (Å²) in [7, 11) is 1.63. The van der Waals surface area contributed by atoms with Crippen LogP contribution < -0.4 is 5.32 Å². The van der Waals surface area contributed by atoms with Crippen molar-refractivity contribution in [2.24, 2.45) is 28.6 Å². The molecule has 1 spiro atoms. The Hall–Kier alpha value is -1.32. The molecular weight excluding hydrogens is 440 g/mol. The van der Waals surface area contributed by atoms with Gasteiger partial charge in [-0.2, -0.15) is 0 Å². The van der Waals surface area contributed by atoms with Crippen LogP contribution in [0.25, 0.3) is 0 Å². The van der Waals surface area contributed by atoms with E-state index in [0.29, 0.717) is 24.8 Å². The summed E-state index contributed by atoms with van der Waals surface area (Å²) in [5.74, 6) is -1.48. The first-order chi connectivity index (χ1) is 15.4. The maximum Gasteiger partial charge on any atom is 0.183 e. The average molecular weight is 477 g/mol. The number of ether oxygens (including phenoxy) is 1. The van der Waals surface area contributed by atoms with E-state index in [4.69, 9.17) is 9.72 Å².